The number of ether oxygens (including phenoxy) is 1. The Labute approximate surface area is 147 Å². The number of halogens is 3. The number of aromatic nitrogens is 4. The second kappa shape index (κ2) is 6.91. The molecule has 1 atom stereocenters. The summed E-state index contributed by atoms with van der Waals surface area (Å²) in [6.45, 7) is 0.696. The van der Waals surface area contributed by atoms with Gasteiger partial charge in [-0.15, -0.1) is 0 Å². The highest BCUT2D eigenvalue weighted by molar-refractivity contribution is 5.82. The van der Waals surface area contributed by atoms with E-state index in [4.69, 9.17) is 4.74 Å². The van der Waals surface area contributed by atoms with Crippen molar-refractivity contribution in [3.63, 3.8) is 0 Å². The third-order valence-electron chi connectivity index (χ3n) is 4.24. The van der Waals surface area contributed by atoms with Gasteiger partial charge in [-0.2, -0.15) is 14.4 Å². The number of nitrogens with zero attached hydrogens (tertiary/aromatic N) is 4. The molecule has 4 rings (SSSR count). The lowest BCUT2D eigenvalue weighted by Gasteiger charge is -2.23. The summed E-state index contributed by atoms with van der Waals surface area (Å²) in [5.41, 5.74) is 1.06. The first kappa shape index (κ1) is 16.8. The predicted molar refractivity (Wildman–Crippen MR) is 87.8 cm³/mol. The van der Waals surface area contributed by atoms with Crippen molar-refractivity contribution in [3.8, 4) is 0 Å². The molecule has 1 fully saturated rings. The maximum absolute atomic E-state index is 13.9. The van der Waals surface area contributed by atoms with Crippen LogP contribution in [0, 0.1) is 17.7 Å². The molecule has 0 bridgehead atoms. The van der Waals surface area contributed by atoms with Crippen LogP contribution in [-0.4, -0.2) is 26.1 Å². The second-order valence-electron chi connectivity index (χ2n) is 6.12. The van der Waals surface area contributed by atoms with Gasteiger partial charge in [-0.3, -0.25) is 4.57 Å². The van der Waals surface area contributed by atoms with E-state index in [2.05, 4.69) is 20.3 Å². The van der Waals surface area contributed by atoms with Crippen LogP contribution < -0.4 is 5.32 Å². The number of fused-ring (bicyclic) bond motifs is 1. The zero-order valence-electron chi connectivity index (χ0n) is 13.8. The molecule has 0 amide bonds. The molecule has 1 aliphatic heterocycles. The summed E-state index contributed by atoms with van der Waals surface area (Å²) < 4.78 is 47.9. The lowest BCUT2D eigenvalue weighted by Crippen LogP contribution is -2.18. The van der Waals surface area contributed by atoms with Crippen LogP contribution in [0.4, 0.5) is 19.0 Å². The number of hydrogen-bond donors (Lipinski definition) is 1. The van der Waals surface area contributed by atoms with E-state index in [0.29, 0.717) is 23.3 Å². The smallest absolute Gasteiger partial charge is 0.312 e. The maximum atomic E-state index is 13.9. The number of nitrogens with one attached hydrogen (secondary N) is 1. The lowest BCUT2D eigenvalue weighted by molar-refractivity contribution is -0.0298. The van der Waals surface area contributed by atoms with Crippen molar-refractivity contribution in [2.24, 2.45) is 0 Å². The molecule has 3 aromatic rings. The van der Waals surface area contributed by atoms with Crippen molar-refractivity contribution < 1.29 is 17.9 Å². The first-order valence-corrected chi connectivity index (χ1v) is 8.30. The van der Waals surface area contributed by atoms with E-state index in [-0.39, 0.29) is 18.6 Å². The minimum atomic E-state index is -0.914. The quantitative estimate of drug-likeness (QED) is 0.718. The molecule has 0 radical (unpaired) electrons. The monoisotopic (exact) mass is 363 g/mol. The Kier molecular flexibility index (Phi) is 4.46. The highest BCUT2D eigenvalue weighted by Crippen LogP contribution is 2.27. The van der Waals surface area contributed by atoms with Gasteiger partial charge in [0.15, 0.2) is 17.0 Å². The van der Waals surface area contributed by atoms with Crippen molar-refractivity contribution in [3.05, 3.63) is 47.8 Å². The van der Waals surface area contributed by atoms with Gasteiger partial charge >= 0.3 is 6.08 Å². The summed E-state index contributed by atoms with van der Waals surface area (Å²) in [6, 6.07) is 3.18. The van der Waals surface area contributed by atoms with Crippen LogP contribution in [-0.2, 0) is 11.3 Å². The Morgan fingerprint density at radius 2 is 1.92 bits per heavy atom. The first-order chi connectivity index (χ1) is 12.6. The molecule has 0 saturated carbocycles. The van der Waals surface area contributed by atoms with E-state index in [0.717, 1.165) is 25.3 Å². The van der Waals surface area contributed by atoms with Gasteiger partial charge in [-0.1, -0.05) is 0 Å². The molecule has 0 spiro atoms. The largest absolute Gasteiger partial charge is 0.364 e. The average molecular weight is 363 g/mol. The van der Waals surface area contributed by atoms with E-state index in [9.17, 15) is 13.2 Å². The molecular weight excluding hydrogens is 347 g/mol. The van der Waals surface area contributed by atoms with E-state index in [1.165, 1.54) is 12.1 Å². The molecular formula is C17H16F3N5O. The minimum absolute atomic E-state index is 0.0625. The molecule has 3 heterocycles. The van der Waals surface area contributed by atoms with Crippen molar-refractivity contribution in [2.75, 3.05) is 11.9 Å². The van der Waals surface area contributed by atoms with Crippen LogP contribution in [0.25, 0.3) is 11.2 Å². The van der Waals surface area contributed by atoms with Crippen molar-refractivity contribution in [2.45, 2.75) is 32.0 Å². The summed E-state index contributed by atoms with van der Waals surface area (Å²) in [5.74, 6) is -1.20. The summed E-state index contributed by atoms with van der Waals surface area (Å²) in [4.78, 5) is 11.8. The number of imidazole rings is 1. The Morgan fingerprint density at radius 1 is 1.12 bits per heavy atom. The highest BCUT2D eigenvalue weighted by atomic mass is 19.1. The third-order valence-corrected chi connectivity index (χ3v) is 4.24. The molecule has 1 aliphatic rings. The highest BCUT2D eigenvalue weighted by Gasteiger charge is 2.21. The van der Waals surface area contributed by atoms with Crippen LogP contribution in [0.5, 0.6) is 0 Å². The summed E-state index contributed by atoms with van der Waals surface area (Å²) in [5, 5.41) is 2.87. The normalized spacial score (nSPS) is 17.6. The van der Waals surface area contributed by atoms with Crippen LogP contribution in [0.2, 0.25) is 0 Å². The molecule has 136 valence electrons. The average Bonchev–Trinajstić information content (AvgIpc) is 3.03. The Hall–Kier alpha value is -2.68. The fourth-order valence-electron chi connectivity index (χ4n) is 3.07. The summed E-state index contributed by atoms with van der Waals surface area (Å²) in [7, 11) is 0. The van der Waals surface area contributed by atoms with Gasteiger partial charge in [0.25, 0.3) is 0 Å². The number of benzene rings is 1. The molecule has 1 saturated heterocycles. The molecule has 2 aromatic heterocycles. The fourth-order valence-corrected chi connectivity index (χ4v) is 3.07. The number of hydrogen-bond acceptors (Lipinski definition) is 5. The van der Waals surface area contributed by atoms with E-state index >= 15 is 0 Å². The number of anilines is 1. The van der Waals surface area contributed by atoms with Crippen molar-refractivity contribution in [1.29, 1.82) is 0 Å². The maximum Gasteiger partial charge on any atom is 0.312 e. The van der Waals surface area contributed by atoms with Gasteiger partial charge in [0.05, 0.1) is 6.33 Å². The SMILES string of the molecule is Fc1cc(F)cc(CNc2nc(F)nc3c2ncn3C2CCCCO2)c1. The lowest BCUT2D eigenvalue weighted by atomic mass is 10.2. The number of rotatable bonds is 4. The first-order valence-electron chi connectivity index (χ1n) is 8.30. The Bertz CT molecular complexity index is 919. The van der Waals surface area contributed by atoms with Crippen molar-refractivity contribution >= 4 is 17.0 Å². The Morgan fingerprint density at radius 3 is 2.65 bits per heavy atom. The van der Waals surface area contributed by atoms with Crippen LogP contribution >= 0.6 is 0 Å². The molecule has 9 heteroatoms. The molecule has 6 nitrogen and oxygen atoms in total. The molecule has 0 aliphatic carbocycles. The topological polar surface area (TPSA) is 64.9 Å². The van der Waals surface area contributed by atoms with Crippen LogP contribution in [0.1, 0.15) is 31.1 Å². The van der Waals surface area contributed by atoms with Gasteiger partial charge in [-0.25, -0.2) is 13.8 Å². The van der Waals surface area contributed by atoms with E-state index in [1.54, 1.807) is 10.9 Å². The molecule has 26 heavy (non-hydrogen) atoms. The van der Waals surface area contributed by atoms with Gasteiger partial charge < -0.3 is 10.1 Å². The zero-order valence-corrected chi connectivity index (χ0v) is 13.8. The predicted octanol–water partition coefficient (Wildman–Crippen LogP) is 3.55. The van der Waals surface area contributed by atoms with E-state index < -0.39 is 17.7 Å². The minimum Gasteiger partial charge on any atom is -0.364 e. The Balaban J connectivity index is 1.63. The van der Waals surface area contributed by atoms with Crippen molar-refractivity contribution in [1.82, 2.24) is 19.5 Å². The third kappa shape index (κ3) is 3.34. The summed E-state index contributed by atoms with van der Waals surface area (Å²) >= 11 is 0. The molecule has 1 N–H and O–H groups in total. The van der Waals surface area contributed by atoms with Gasteiger partial charge in [-0.05, 0) is 37.0 Å². The fraction of sp³-hybridized carbons (Fsp3) is 0.353. The molecule has 1 unspecified atom stereocenters. The van der Waals surface area contributed by atoms with Gasteiger partial charge in [0.2, 0.25) is 0 Å². The van der Waals surface area contributed by atoms with Crippen LogP contribution in [0.3, 0.4) is 0 Å². The van der Waals surface area contributed by atoms with Gasteiger partial charge in [0.1, 0.15) is 17.9 Å². The van der Waals surface area contributed by atoms with Crippen LogP contribution in [0.15, 0.2) is 24.5 Å². The summed E-state index contributed by atoms with van der Waals surface area (Å²) in [6.07, 6.45) is 3.18. The standard InChI is InChI=1S/C17H16F3N5O/c18-11-5-10(6-12(19)7-11)8-21-15-14-16(24-17(20)23-15)25(9-22-14)13-3-1-2-4-26-13/h5-7,9,13H,1-4,8H2,(H,21,23,24). The van der Waals surface area contributed by atoms with Gasteiger partial charge in [0, 0.05) is 19.2 Å². The zero-order chi connectivity index (χ0) is 18.1. The molecule has 1 aromatic carbocycles. The van der Waals surface area contributed by atoms with E-state index in [1.807, 2.05) is 0 Å². The second-order valence-corrected chi connectivity index (χ2v) is 6.12.